The van der Waals surface area contributed by atoms with Gasteiger partial charge in [0, 0.05) is 29.9 Å². The molecule has 0 saturated carbocycles. The molecule has 1 aromatic heterocycles. The van der Waals surface area contributed by atoms with Gasteiger partial charge in [0.15, 0.2) is 0 Å². The number of aromatic nitrogens is 1. The molecule has 0 spiro atoms. The Hall–Kier alpha value is -0.970. The van der Waals surface area contributed by atoms with Gasteiger partial charge in [0.2, 0.25) is 0 Å². The number of nitrogens with two attached hydrogens (primary N) is 1. The minimum atomic E-state index is 0.389. The fraction of sp³-hybridized carbons (Fsp3) is 0.545. The molecule has 0 aromatic carbocycles. The summed E-state index contributed by atoms with van der Waals surface area (Å²) in [6.07, 6.45) is 2.82. The number of hydrazine groups is 1. The minimum Gasteiger partial charge on any atom is -0.330 e. The Bertz CT molecular complexity index is 299. The van der Waals surface area contributed by atoms with E-state index in [1.54, 1.807) is 0 Å². The Kier molecular flexibility index (Phi) is 3.30. The van der Waals surface area contributed by atoms with E-state index in [9.17, 15) is 0 Å². The van der Waals surface area contributed by atoms with Gasteiger partial charge in [-0.25, -0.2) is 0 Å². The number of hydrogen-bond acceptors (Lipinski definition) is 4. The molecule has 0 radical (unpaired) electrons. The van der Waals surface area contributed by atoms with Crippen molar-refractivity contribution in [2.75, 3.05) is 6.54 Å². The van der Waals surface area contributed by atoms with Crippen molar-refractivity contribution in [1.82, 2.24) is 15.8 Å². The fourth-order valence-corrected chi connectivity index (χ4v) is 2.23. The van der Waals surface area contributed by atoms with Crippen LogP contribution in [0, 0.1) is 0 Å². The standard InChI is InChI=1S/C11H18N4/c1-8-11(9-4-2-3-7-13-9)10(5-6-12)15-14-8/h2-4,7-8,10-11,14-15H,5-6,12H2,1H3. The van der Waals surface area contributed by atoms with Crippen LogP contribution in [0.4, 0.5) is 0 Å². The number of pyridine rings is 1. The average Bonchev–Trinajstić information content (AvgIpc) is 2.62. The predicted molar refractivity (Wildman–Crippen MR) is 60.2 cm³/mol. The summed E-state index contributed by atoms with van der Waals surface area (Å²) in [6, 6.07) is 6.85. The van der Waals surface area contributed by atoms with Crippen molar-refractivity contribution in [3.8, 4) is 0 Å². The first-order valence-electron chi connectivity index (χ1n) is 5.45. The maximum Gasteiger partial charge on any atom is 0.0466 e. The molecule has 3 atom stereocenters. The first-order chi connectivity index (χ1) is 7.33. The molecular weight excluding hydrogens is 188 g/mol. The first-order valence-corrected chi connectivity index (χ1v) is 5.45. The number of rotatable bonds is 3. The third-order valence-electron chi connectivity index (χ3n) is 2.98. The van der Waals surface area contributed by atoms with Crippen LogP contribution in [0.1, 0.15) is 25.0 Å². The summed E-state index contributed by atoms with van der Waals surface area (Å²) in [5, 5.41) is 0. The van der Waals surface area contributed by atoms with Crippen molar-refractivity contribution in [3.63, 3.8) is 0 Å². The summed E-state index contributed by atoms with van der Waals surface area (Å²) in [4.78, 5) is 4.42. The van der Waals surface area contributed by atoms with Crippen molar-refractivity contribution in [2.24, 2.45) is 5.73 Å². The number of nitrogens with one attached hydrogen (secondary N) is 2. The lowest BCUT2D eigenvalue weighted by Gasteiger charge is -2.19. The van der Waals surface area contributed by atoms with E-state index in [0.29, 0.717) is 24.5 Å². The van der Waals surface area contributed by atoms with Gasteiger partial charge in [0.25, 0.3) is 0 Å². The quantitative estimate of drug-likeness (QED) is 0.669. The van der Waals surface area contributed by atoms with Crippen molar-refractivity contribution >= 4 is 0 Å². The molecule has 0 bridgehead atoms. The van der Waals surface area contributed by atoms with Gasteiger partial charge < -0.3 is 5.73 Å². The van der Waals surface area contributed by atoms with Crippen molar-refractivity contribution in [1.29, 1.82) is 0 Å². The topological polar surface area (TPSA) is 63.0 Å². The molecule has 1 aliphatic rings. The Morgan fingerprint density at radius 2 is 2.27 bits per heavy atom. The Labute approximate surface area is 90.2 Å². The van der Waals surface area contributed by atoms with E-state index in [1.807, 2.05) is 18.3 Å². The molecule has 3 unspecified atom stereocenters. The molecule has 1 fully saturated rings. The minimum absolute atomic E-state index is 0.389. The first kappa shape index (κ1) is 10.5. The smallest absolute Gasteiger partial charge is 0.0466 e. The molecule has 2 rings (SSSR count). The van der Waals surface area contributed by atoms with Gasteiger partial charge in [-0.2, -0.15) is 0 Å². The molecule has 0 amide bonds. The third kappa shape index (κ3) is 2.17. The van der Waals surface area contributed by atoms with Gasteiger partial charge in [-0.3, -0.25) is 15.8 Å². The highest BCUT2D eigenvalue weighted by atomic mass is 15.4. The Morgan fingerprint density at radius 1 is 1.40 bits per heavy atom. The monoisotopic (exact) mass is 206 g/mol. The zero-order valence-electron chi connectivity index (χ0n) is 8.98. The fourth-order valence-electron chi connectivity index (χ4n) is 2.23. The van der Waals surface area contributed by atoms with Gasteiger partial charge in [0.1, 0.15) is 0 Å². The second-order valence-electron chi connectivity index (χ2n) is 4.04. The summed E-state index contributed by atoms with van der Waals surface area (Å²) < 4.78 is 0. The van der Waals surface area contributed by atoms with E-state index in [1.165, 1.54) is 0 Å². The van der Waals surface area contributed by atoms with Crippen molar-refractivity contribution in [3.05, 3.63) is 30.1 Å². The van der Waals surface area contributed by atoms with E-state index in [2.05, 4.69) is 28.8 Å². The Balaban J connectivity index is 2.17. The van der Waals surface area contributed by atoms with Gasteiger partial charge in [-0.15, -0.1) is 0 Å². The number of nitrogens with zero attached hydrogens (tertiary/aromatic N) is 1. The summed E-state index contributed by atoms with van der Waals surface area (Å²) in [5.74, 6) is 0.412. The van der Waals surface area contributed by atoms with Gasteiger partial charge in [0.05, 0.1) is 0 Å². The highest BCUT2D eigenvalue weighted by Gasteiger charge is 2.34. The zero-order chi connectivity index (χ0) is 10.7. The van der Waals surface area contributed by atoms with Crippen LogP contribution in [0.3, 0.4) is 0 Å². The lowest BCUT2D eigenvalue weighted by atomic mass is 9.90. The molecule has 1 saturated heterocycles. The molecule has 4 N–H and O–H groups in total. The second-order valence-corrected chi connectivity index (χ2v) is 4.04. The maximum atomic E-state index is 5.61. The van der Waals surface area contributed by atoms with Gasteiger partial charge >= 0.3 is 0 Å². The second kappa shape index (κ2) is 4.70. The largest absolute Gasteiger partial charge is 0.330 e. The number of hydrogen-bond donors (Lipinski definition) is 3. The molecular formula is C11H18N4. The molecule has 1 aliphatic heterocycles. The molecule has 82 valence electrons. The predicted octanol–water partition coefficient (Wildman–Crippen LogP) is 0.379. The molecule has 1 aromatic rings. The van der Waals surface area contributed by atoms with Gasteiger partial charge in [-0.1, -0.05) is 6.07 Å². The van der Waals surface area contributed by atoms with Crippen LogP contribution in [0.5, 0.6) is 0 Å². The van der Waals surface area contributed by atoms with Gasteiger partial charge in [-0.05, 0) is 32.0 Å². The lowest BCUT2D eigenvalue weighted by Crippen LogP contribution is -2.33. The molecule has 4 nitrogen and oxygen atoms in total. The maximum absolute atomic E-state index is 5.61. The van der Waals surface area contributed by atoms with Crippen LogP contribution in [-0.2, 0) is 0 Å². The van der Waals surface area contributed by atoms with Crippen LogP contribution in [0.2, 0.25) is 0 Å². The van der Waals surface area contributed by atoms with E-state index >= 15 is 0 Å². The Morgan fingerprint density at radius 3 is 2.93 bits per heavy atom. The highest BCUT2D eigenvalue weighted by molar-refractivity contribution is 5.16. The summed E-state index contributed by atoms with van der Waals surface area (Å²) >= 11 is 0. The molecule has 0 aliphatic carbocycles. The lowest BCUT2D eigenvalue weighted by molar-refractivity contribution is 0.492. The van der Waals surface area contributed by atoms with Crippen LogP contribution in [0.15, 0.2) is 24.4 Å². The average molecular weight is 206 g/mol. The summed E-state index contributed by atoms with van der Waals surface area (Å²) in [5.41, 5.74) is 13.3. The third-order valence-corrected chi connectivity index (χ3v) is 2.98. The van der Waals surface area contributed by atoms with Crippen LogP contribution >= 0.6 is 0 Å². The SMILES string of the molecule is CC1NNC(CCN)C1c1ccccn1. The molecule has 4 heteroatoms. The van der Waals surface area contributed by atoms with Crippen LogP contribution < -0.4 is 16.6 Å². The summed E-state index contributed by atoms with van der Waals surface area (Å²) in [7, 11) is 0. The molecule has 2 heterocycles. The van der Waals surface area contributed by atoms with Crippen LogP contribution in [0.25, 0.3) is 0 Å². The van der Waals surface area contributed by atoms with E-state index < -0.39 is 0 Å². The summed E-state index contributed by atoms with van der Waals surface area (Å²) in [6.45, 7) is 2.87. The molecule has 15 heavy (non-hydrogen) atoms. The van der Waals surface area contributed by atoms with Crippen molar-refractivity contribution < 1.29 is 0 Å². The highest BCUT2D eigenvalue weighted by Crippen LogP contribution is 2.26. The van der Waals surface area contributed by atoms with E-state index in [-0.39, 0.29) is 0 Å². The van der Waals surface area contributed by atoms with Crippen LogP contribution in [-0.4, -0.2) is 23.6 Å². The van der Waals surface area contributed by atoms with E-state index in [0.717, 1.165) is 12.1 Å². The normalized spacial score (nSPS) is 30.7. The zero-order valence-corrected chi connectivity index (χ0v) is 8.98. The van der Waals surface area contributed by atoms with E-state index in [4.69, 9.17) is 5.73 Å². The van der Waals surface area contributed by atoms with Crippen molar-refractivity contribution in [2.45, 2.75) is 31.3 Å².